The Morgan fingerprint density at radius 3 is 2.13 bits per heavy atom. The number of carboxylic acids is 1. The molecule has 4 atom stereocenters. The van der Waals surface area contributed by atoms with Crippen LogP contribution < -0.4 is 5.32 Å². The minimum Gasteiger partial charge on any atom is -0.481 e. The molecule has 2 amide bonds. The molecule has 2 aromatic carbocycles. The van der Waals surface area contributed by atoms with Crippen molar-refractivity contribution in [3.05, 3.63) is 59.7 Å². The highest BCUT2D eigenvalue weighted by molar-refractivity contribution is 5.86. The smallest absolute Gasteiger partial charge is 0.407 e. The molecule has 5 rings (SSSR count). The van der Waals surface area contributed by atoms with Gasteiger partial charge < -0.3 is 20.1 Å². The molecule has 1 saturated carbocycles. The molecule has 2 aromatic rings. The summed E-state index contributed by atoms with van der Waals surface area (Å²) in [7, 11) is 0. The van der Waals surface area contributed by atoms with E-state index < -0.39 is 18.1 Å². The monoisotopic (exact) mass is 420 g/mol. The second-order valence-electron chi connectivity index (χ2n) is 8.63. The molecule has 3 aliphatic rings. The standard InChI is InChI=1S/C24H24N2O5/c1-13(22(27)26-10-18-19(11-26)21(18)23(28)29)25-24(30)31-12-20-16-8-4-2-6-14(16)15-7-3-5-9-17(15)20/h2-9,13,18-21H,10-12H2,1H3,(H,25,30)(H,28,29)/t13-,18-,19+,21?/m1/s1. The predicted octanol–water partition coefficient (Wildman–Crippen LogP) is 2.70. The minimum absolute atomic E-state index is 0.0391. The number of carbonyl (C=O) groups excluding carboxylic acids is 2. The third-order valence-electron chi connectivity index (χ3n) is 6.84. The summed E-state index contributed by atoms with van der Waals surface area (Å²) < 4.78 is 5.50. The van der Waals surface area contributed by atoms with Crippen molar-refractivity contribution in [3.63, 3.8) is 0 Å². The second kappa shape index (κ2) is 7.41. The number of nitrogens with one attached hydrogen (secondary N) is 1. The van der Waals surface area contributed by atoms with Gasteiger partial charge in [0.05, 0.1) is 5.92 Å². The Labute approximate surface area is 180 Å². The van der Waals surface area contributed by atoms with Crippen LogP contribution in [0, 0.1) is 17.8 Å². The highest BCUT2D eigenvalue weighted by atomic mass is 16.5. The summed E-state index contributed by atoms with van der Waals surface area (Å²) in [4.78, 5) is 37.7. The Morgan fingerprint density at radius 2 is 1.58 bits per heavy atom. The van der Waals surface area contributed by atoms with Crippen molar-refractivity contribution in [1.82, 2.24) is 10.2 Å². The highest BCUT2D eigenvalue weighted by Gasteiger charge is 2.60. The number of piperidine rings is 1. The lowest BCUT2D eigenvalue weighted by atomic mass is 9.98. The summed E-state index contributed by atoms with van der Waals surface area (Å²) in [6.07, 6.45) is -0.629. The van der Waals surface area contributed by atoms with Crippen LogP contribution in [-0.4, -0.2) is 53.7 Å². The lowest BCUT2D eigenvalue weighted by Crippen LogP contribution is -2.47. The molecule has 0 spiro atoms. The molecule has 2 aliphatic carbocycles. The third-order valence-corrected chi connectivity index (χ3v) is 6.84. The van der Waals surface area contributed by atoms with Crippen LogP contribution in [0.15, 0.2) is 48.5 Å². The molecule has 1 unspecified atom stereocenters. The maximum atomic E-state index is 12.6. The van der Waals surface area contributed by atoms with Gasteiger partial charge in [-0.05, 0) is 41.0 Å². The molecule has 160 valence electrons. The number of ether oxygens (including phenoxy) is 1. The van der Waals surface area contributed by atoms with E-state index in [2.05, 4.69) is 29.6 Å². The van der Waals surface area contributed by atoms with Crippen molar-refractivity contribution in [2.45, 2.75) is 18.9 Å². The third kappa shape index (κ3) is 3.34. The fraction of sp³-hybridized carbons (Fsp3) is 0.375. The molecule has 1 saturated heterocycles. The molecule has 7 heteroatoms. The van der Waals surface area contributed by atoms with Crippen LogP contribution in [-0.2, 0) is 14.3 Å². The second-order valence-corrected chi connectivity index (χ2v) is 8.63. The van der Waals surface area contributed by atoms with Crippen molar-refractivity contribution in [2.75, 3.05) is 19.7 Å². The van der Waals surface area contributed by atoms with Crippen LogP contribution in [0.3, 0.4) is 0 Å². The average Bonchev–Trinajstić information content (AvgIpc) is 3.13. The number of amides is 2. The number of likely N-dealkylation sites (tertiary alicyclic amines) is 1. The average molecular weight is 420 g/mol. The first kappa shape index (κ1) is 19.6. The normalized spacial score (nSPS) is 24.0. The van der Waals surface area contributed by atoms with Gasteiger partial charge in [-0.3, -0.25) is 9.59 Å². The molecule has 0 bridgehead atoms. The number of benzene rings is 2. The quantitative estimate of drug-likeness (QED) is 0.775. The molecular weight excluding hydrogens is 396 g/mol. The van der Waals surface area contributed by atoms with Crippen LogP contribution in [0.1, 0.15) is 24.0 Å². The molecule has 0 aromatic heterocycles. The minimum atomic E-state index is -0.785. The summed E-state index contributed by atoms with van der Waals surface area (Å²) in [6, 6.07) is 15.5. The number of fused-ring (bicyclic) bond motifs is 4. The van der Waals surface area contributed by atoms with Gasteiger partial charge in [-0.25, -0.2) is 4.79 Å². The van der Waals surface area contributed by atoms with Crippen molar-refractivity contribution in [2.24, 2.45) is 17.8 Å². The number of nitrogens with zero attached hydrogens (tertiary/aromatic N) is 1. The van der Waals surface area contributed by atoms with E-state index in [4.69, 9.17) is 9.84 Å². The summed E-state index contributed by atoms with van der Waals surface area (Å²) in [5.74, 6) is -1.26. The highest BCUT2D eigenvalue weighted by Crippen LogP contribution is 2.51. The number of hydrogen-bond acceptors (Lipinski definition) is 4. The van der Waals surface area contributed by atoms with E-state index in [1.807, 2.05) is 24.3 Å². The molecule has 1 heterocycles. The number of alkyl carbamates (subject to hydrolysis) is 1. The molecule has 1 aliphatic heterocycles. The first-order chi connectivity index (χ1) is 15.0. The number of hydrogen-bond donors (Lipinski definition) is 2. The van der Waals surface area contributed by atoms with E-state index in [0.717, 1.165) is 22.3 Å². The van der Waals surface area contributed by atoms with Gasteiger partial charge in [0.2, 0.25) is 5.91 Å². The zero-order valence-corrected chi connectivity index (χ0v) is 17.2. The first-order valence-corrected chi connectivity index (χ1v) is 10.6. The van der Waals surface area contributed by atoms with Gasteiger partial charge in [0, 0.05) is 19.0 Å². The van der Waals surface area contributed by atoms with Crippen LogP contribution in [0.2, 0.25) is 0 Å². The van der Waals surface area contributed by atoms with Crippen molar-refractivity contribution in [1.29, 1.82) is 0 Å². The number of aliphatic carboxylic acids is 1. The van der Waals surface area contributed by atoms with Crippen LogP contribution in [0.25, 0.3) is 11.1 Å². The number of rotatable bonds is 5. The molecule has 0 radical (unpaired) electrons. The Hall–Kier alpha value is -3.35. The Bertz CT molecular complexity index is 1010. The van der Waals surface area contributed by atoms with Gasteiger partial charge in [-0.15, -0.1) is 0 Å². The van der Waals surface area contributed by atoms with Crippen LogP contribution in [0.5, 0.6) is 0 Å². The van der Waals surface area contributed by atoms with Gasteiger partial charge >= 0.3 is 12.1 Å². The van der Waals surface area contributed by atoms with E-state index >= 15 is 0 Å². The van der Waals surface area contributed by atoms with E-state index in [1.54, 1.807) is 11.8 Å². The molecule has 2 N–H and O–H groups in total. The van der Waals surface area contributed by atoms with E-state index in [0.29, 0.717) is 13.1 Å². The van der Waals surface area contributed by atoms with Gasteiger partial charge in [0.15, 0.2) is 0 Å². The lowest BCUT2D eigenvalue weighted by Gasteiger charge is -2.23. The van der Waals surface area contributed by atoms with Crippen molar-refractivity contribution >= 4 is 18.0 Å². The number of carbonyl (C=O) groups is 3. The Balaban J connectivity index is 1.17. The summed E-state index contributed by atoms with van der Waals surface area (Å²) in [6.45, 7) is 2.70. The van der Waals surface area contributed by atoms with Crippen molar-refractivity contribution < 1.29 is 24.2 Å². The van der Waals surface area contributed by atoms with E-state index in [9.17, 15) is 14.4 Å². The first-order valence-electron chi connectivity index (χ1n) is 10.6. The summed E-state index contributed by atoms with van der Waals surface area (Å²) in [5.41, 5.74) is 4.57. The fourth-order valence-electron chi connectivity index (χ4n) is 5.23. The summed E-state index contributed by atoms with van der Waals surface area (Å²) in [5, 5.41) is 11.7. The van der Waals surface area contributed by atoms with Crippen molar-refractivity contribution in [3.8, 4) is 11.1 Å². The maximum absolute atomic E-state index is 12.6. The van der Waals surface area contributed by atoms with Gasteiger partial charge in [-0.1, -0.05) is 48.5 Å². The fourth-order valence-corrected chi connectivity index (χ4v) is 5.23. The van der Waals surface area contributed by atoms with Crippen LogP contribution >= 0.6 is 0 Å². The molecule has 2 fully saturated rings. The van der Waals surface area contributed by atoms with E-state index in [1.165, 1.54) is 0 Å². The maximum Gasteiger partial charge on any atom is 0.407 e. The lowest BCUT2D eigenvalue weighted by molar-refractivity contribution is -0.141. The summed E-state index contributed by atoms with van der Waals surface area (Å²) >= 11 is 0. The number of carboxylic acid groups (broad SMARTS) is 1. The van der Waals surface area contributed by atoms with Gasteiger partial charge in [0.1, 0.15) is 12.6 Å². The van der Waals surface area contributed by atoms with Crippen LogP contribution in [0.4, 0.5) is 4.79 Å². The molecule has 31 heavy (non-hydrogen) atoms. The van der Waals surface area contributed by atoms with Gasteiger partial charge in [-0.2, -0.15) is 0 Å². The zero-order chi connectivity index (χ0) is 21.7. The topological polar surface area (TPSA) is 95.9 Å². The predicted molar refractivity (Wildman–Crippen MR) is 112 cm³/mol. The zero-order valence-electron chi connectivity index (χ0n) is 17.2. The molecule has 7 nitrogen and oxygen atoms in total. The SMILES string of the molecule is C[C@@H](NC(=O)OCC1c2ccccc2-c2ccccc21)C(=O)N1C[C@@H]2C(C(=O)O)[C@@H]2C1. The molecular formula is C24H24N2O5. The van der Waals surface area contributed by atoms with E-state index in [-0.39, 0.29) is 36.2 Å². The largest absolute Gasteiger partial charge is 0.481 e. The Kier molecular flexibility index (Phi) is 4.68. The Morgan fingerprint density at radius 1 is 1.03 bits per heavy atom. The van der Waals surface area contributed by atoms with Gasteiger partial charge in [0.25, 0.3) is 0 Å².